The second kappa shape index (κ2) is 2.31. The van der Waals surface area contributed by atoms with Gasteiger partial charge in [-0.05, 0) is 31.1 Å². The van der Waals surface area contributed by atoms with Crippen molar-refractivity contribution in [2.45, 2.75) is 65.1 Å². The van der Waals surface area contributed by atoms with Crippen LogP contribution in [0.1, 0.15) is 53.9 Å². The van der Waals surface area contributed by atoms with Gasteiger partial charge in [0.05, 0.1) is 5.60 Å². The minimum atomic E-state index is 0.179. The first-order valence-corrected chi connectivity index (χ1v) is 5.54. The Morgan fingerprint density at radius 2 is 1.92 bits per heavy atom. The second-order valence-corrected chi connectivity index (χ2v) is 6.11. The van der Waals surface area contributed by atoms with Gasteiger partial charge in [0.2, 0.25) is 0 Å². The van der Waals surface area contributed by atoms with E-state index in [0.717, 1.165) is 5.92 Å². The predicted octanol–water partition coefficient (Wildman–Crippen LogP) is 3.38. The largest absolute Gasteiger partial charge is 0.362 e. The summed E-state index contributed by atoms with van der Waals surface area (Å²) in [6.07, 6.45) is 3.94. The molecule has 2 aliphatic rings. The lowest BCUT2D eigenvalue weighted by Gasteiger charge is -2.38. The molecule has 1 aliphatic carbocycles. The molecule has 3 atom stereocenters. The summed E-state index contributed by atoms with van der Waals surface area (Å²) in [6.45, 7) is 11.6. The van der Waals surface area contributed by atoms with Gasteiger partial charge >= 0.3 is 0 Å². The molecule has 1 saturated heterocycles. The van der Waals surface area contributed by atoms with Gasteiger partial charge in [-0.3, -0.25) is 0 Å². The van der Waals surface area contributed by atoms with Gasteiger partial charge < -0.3 is 4.74 Å². The van der Waals surface area contributed by atoms with Gasteiger partial charge in [0, 0.05) is 0 Å². The normalized spacial score (nSPS) is 50.1. The van der Waals surface area contributed by atoms with Crippen molar-refractivity contribution < 1.29 is 4.74 Å². The van der Waals surface area contributed by atoms with Gasteiger partial charge in [0.25, 0.3) is 0 Å². The average Bonchev–Trinajstić information content (AvgIpc) is 2.57. The van der Waals surface area contributed by atoms with E-state index in [0.29, 0.717) is 5.41 Å². The van der Waals surface area contributed by atoms with Crippen molar-refractivity contribution >= 4 is 0 Å². The van der Waals surface area contributed by atoms with Crippen LogP contribution < -0.4 is 0 Å². The third kappa shape index (κ3) is 0.971. The molecule has 76 valence electrons. The van der Waals surface area contributed by atoms with Gasteiger partial charge in [-0.15, -0.1) is 0 Å². The maximum absolute atomic E-state index is 6.13. The number of epoxide rings is 1. The molecule has 0 radical (unpaired) electrons. The van der Waals surface area contributed by atoms with Gasteiger partial charge in [-0.2, -0.15) is 0 Å². The highest BCUT2D eigenvalue weighted by Crippen LogP contribution is 2.67. The van der Waals surface area contributed by atoms with Crippen LogP contribution in [0.4, 0.5) is 0 Å². The third-order valence-corrected chi connectivity index (χ3v) is 4.23. The minimum Gasteiger partial charge on any atom is -0.362 e. The molecule has 2 fully saturated rings. The van der Waals surface area contributed by atoms with Crippen LogP contribution in [0.25, 0.3) is 0 Å². The van der Waals surface area contributed by atoms with Crippen molar-refractivity contribution in [3.63, 3.8) is 0 Å². The molecule has 1 aliphatic heterocycles. The first-order chi connectivity index (χ1) is 5.83. The van der Waals surface area contributed by atoms with Crippen LogP contribution in [-0.4, -0.2) is 11.2 Å². The SMILES string of the molecule is CC1CCCC2(C)OC12C(C)(C)C. The average molecular weight is 182 g/mol. The van der Waals surface area contributed by atoms with E-state index in [1.165, 1.54) is 19.3 Å². The van der Waals surface area contributed by atoms with Crippen LogP contribution in [0.15, 0.2) is 0 Å². The summed E-state index contributed by atoms with van der Waals surface area (Å²) in [6, 6.07) is 0. The molecule has 0 bridgehead atoms. The molecule has 0 aromatic rings. The maximum atomic E-state index is 6.13. The van der Waals surface area contributed by atoms with Crippen LogP contribution in [0, 0.1) is 11.3 Å². The van der Waals surface area contributed by atoms with Crippen molar-refractivity contribution in [3.8, 4) is 0 Å². The Hall–Kier alpha value is -0.0400. The number of hydrogen-bond donors (Lipinski definition) is 0. The van der Waals surface area contributed by atoms with Crippen molar-refractivity contribution in [3.05, 3.63) is 0 Å². The van der Waals surface area contributed by atoms with Gasteiger partial charge in [-0.1, -0.05) is 34.1 Å². The molecule has 1 heterocycles. The zero-order valence-electron chi connectivity index (χ0n) is 9.61. The minimum absolute atomic E-state index is 0.179. The molecule has 1 nitrogen and oxygen atoms in total. The van der Waals surface area contributed by atoms with E-state index in [1.807, 2.05) is 0 Å². The molecule has 0 aromatic heterocycles. The predicted molar refractivity (Wildman–Crippen MR) is 54.7 cm³/mol. The highest BCUT2D eigenvalue weighted by molar-refractivity contribution is 5.22. The molecule has 0 amide bonds. The lowest BCUT2D eigenvalue weighted by Crippen LogP contribution is -2.44. The van der Waals surface area contributed by atoms with E-state index in [9.17, 15) is 0 Å². The summed E-state index contributed by atoms with van der Waals surface area (Å²) in [5, 5.41) is 0. The standard InChI is InChI=1S/C12H22O/c1-9-7-6-8-11(5)12(9,13-11)10(2,3)4/h9H,6-8H2,1-5H3. The fourth-order valence-corrected chi connectivity index (χ4v) is 3.82. The second-order valence-electron chi connectivity index (χ2n) is 6.11. The highest BCUT2D eigenvalue weighted by atomic mass is 16.6. The van der Waals surface area contributed by atoms with Crippen LogP contribution in [0.3, 0.4) is 0 Å². The Morgan fingerprint density at radius 3 is 2.31 bits per heavy atom. The Bertz CT molecular complexity index is 228. The van der Waals surface area contributed by atoms with Gasteiger partial charge in [0.15, 0.2) is 0 Å². The first-order valence-electron chi connectivity index (χ1n) is 5.54. The molecule has 1 heteroatoms. The summed E-state index contributed by atoms with van der Waals surface area (Å²) >= 11 is 0. The van der Waals surface area contributed by atoms with Crippen LogP contribution in [0.2, 0.25) is 0 Å². The summed E-state index contributed by atoms with van der Waals surface area (Å²) in [5.41, 5.74) is 0.669. The molecule has 0 aromatic carbocycles. The summed E-state index contributed by atoms with van der Waals surface area (Å²) in [5.74, 6) is 0.728. The Kier molecular flexibility index (Phi) is 1.69. The van der Waals surface area contributed by atoms with E-state index in [4.69, 9.17) is 4.74 Å². The van der Waals surface area contributed by atoms with Crippen LogP contribution >= 0.6 is 0 Å². The molecule has 3 unspecified atom stereocenters. The van der Waals surface area contributed by atoms with Crippen molar-refractivity contribution in [1.82, 2.24) is 0 Å². The number of ether oxygens (including phenoxy) is 1. The van der Waals surface area contributed by atoms with E-state index >= 15 is 0 Å². The topological polar surface area (TPSA) is 12.5 Å². The number of hydrogen-bond acceptors (Lipinski definition) is 1. The quantitative estimate of drug-likeness (QED) is 0.523. The maximum Gasteiger partial charge on any atom is 0.105 e. The Morgan fingerprint density at radius 1 is 1.31 bits per heavy atom. The fraction of sp³-hybridized carbons (Fsp3) is 1.00. The number of fused-ring (bicyclic) bond motifs is 1. The zero-order chi connectivity index (χ0) is 9.91. The molecular formula is C12H22O. The Labute approximate surface area is 81.9 Å². The Balaban J connectivity index is 2.32. The smallest absolute Gasteiger partial charge is 0.105 e. The van der Waals surface area contributed by atoms with Gasteiger partial charge in [0.1, 0.15) is 5.60 Å². The van der Waals surface area contributed by atoms with E-state index < -0.39 is 0 Å². The van der Waals surface area contributed by atoms with Crippen molar-refractivity contribution in [1.29, 1.82) is 0 Å². The summed E-state index contributed by atoms with van der Waals surface area (Å²) < 4.78 is 6.13. The fourth-order valence-electron chi connectivity index (χ4n) is 3.82. The summed E-state index contributed by atoms with van der Waals surface area (Å²) in [4.78, 5) is 0. The molecule has 0 N–H and O–H groups in total. The molecule has 1 saturated carbocycles. The van der Waals surface area contributed by atoms with Crippen molar-refractivity contribution in [2.75, 3.05) is 0 Å². The highest BCUT2D eigenvalue weighted by Gasteiger charge is 2.74. The van der Waals surface area contributed by atoms with Gasteiger partial charge in [-0.25, -0.2) is 0 Å². The molecule has 13 heavy (non-hydrogen) atoms. The lowest BCUT2D eigenvalue weighted by atomic mass is 9.62. The monoisotopic (exact) mass is 182 g/mol. The zero-order valence-corrected chi connectivity index (χ0v) is 9.61. The molecule has 2 rings (SSSR count). The van der Waals surface area contributed by atoms with E-state index in [1.54, 1.807) is 0 Å². The molecular weight excluding hydrogens is 160 g/mol. The lowest BCUT2D eigenvalue weighted by molar-refractivity contribution is 0.0931. The van der Waals surface area contributed by atoms with Crippen LogP contribution in [0.5, 0.6) is 0 Å². The third-order valence-electron chi connectivity index (χ3n) is 4.23. The van der Waals surface area contributed by atoms with Crippen molar-refractivity contribution in [2.24, 2.45) is 11.3 Å². The number of rotatable bonds is 0. The van der Waals surface area contributed by atoms with E-state index in [2.05, 4.69) is 34.6 Å². The van der Waals surface area contributed by atoms with Crippen LogP contribution in [-0.2, 0) is 4.74 Å². The van der Waals surface area contributed by atoms with E-state index in [-0.39, 0.29) is 11.2 Å². The molecule has 0 spiro atoms. The summed E-state index contributed by atoms with van der Waals surface area (Å²) in [7, 11) is 0. The first kappa shape index (κ1) is 9.51.